The monoisotopic (exact) mass is 300 g/mol. The van der Waals surface area contributed by atoms with Crippen molar-refractivity contribution < 1.29 is 42.1 Å². The number of hydrogen-bond donors (Lipinski definition) is 1. The minimum absolute atomic E-state index is 0.391. The van der Waals surface area contributed by atoms with Crippen LogP contribution in [0, 0.1) is 0 Å². The average molecular weight is 300 g/mol. The van der Waals surface area contributed by atoms with Gasteiger partial charge in [0.05, 0.1) is 6.61 Å². The Hall–Kier alpha value is -1.19. The van der Waals surface area contributed by atoms with Crippen molar-refractivity contribution in [3.05, 3.63) is 0 Å². The number of alkyl halides is 3. The number of carbonyl (C=O) groups excluding carboxylic acids is 2. The van der Waals surface area contributed by atoms with Gasteiger partial charge in [0.1, 0.15) is 6.61 Å². The van der Waals surface area contributed by atoms with Gasteiger partial charge in [-0.2, -0.15) is 13.2 Å². The van der Waals surface area contributed by atoms with Crippen LogP contribution in [-0.4, -0.2) is 53.7 Å². The van der Waals surface area contributed by atoms with E-state index < -0.39 is 48.6 Å². The number of carbonyl (C=O) groups is 2. The number of rotatable bonds is 3. The summed E-state index contributed by atoms with van der Waals surface area (Å²) in [5.74, 6) is -4.73. The zero-order chi connectivity index (χ0) is 15.8. The summed E-state index contributed by atoms with van der Waals surface area (Å²) in [4.78, 5) is 23.1. The second-order valence-electron chi connectivity index (χ2n) is 4.64. The summed E-state index contributed by atoms with van der Waals surface area (Å²) in [6.45, 7) is 2.68. The average Bonchev–Trinajstić information content (AvgIpc) is 2.30. The molecule has 1 fully saturated rings. The summed E-state index contributed by atoms with van der Waals surface area (Å²) < 4.78 is 53.1. The number of halogens is 3. The van der Waals surface area contributed by atoms with Gasteiger partial charge in [0.25, 0.3) is 5.60 Å². The van der Waals surface area contributed by atoms with Crippen molar-refractivity contribution in [1.82, 2.24) is 0 Å². The smallest absolute Gasteiger partial charge is 0.431 e. The van der Waals surface area contributed by atoms with E-state index in [0.29, 0.717) is 0 Å². The maximum absolute atomic E-state index is 13.1. The number of ketones is 1. The molecular weight excluding hydrogens is 285 g/mol. The third-order valence-corrected chi connectivity index (χ3v) is 2.65. The molecule has 0 saturated carbocycles. The maximum Gasteiger partial charge on any atom is 0.431 e. The molecule has 1 aliphatic rings. The Morgan fingerprint density at radius 3 is 2.50 bits per heavy atom. The van der Waals surface area contributed by atoms with Crippen LogP contribution in [0.25, 0.3) is 0 Å². The summed E-state index contributed by atoms with van der Waals surface area (Å²) in [6, 6.07) is 0. The Morgan fingerprint density at radius 2 is 2.05 bits per heavy atom. The Labute approximate surface area is 112 Å². The molecule has 1 heterocycles. The Morgan fingerprint density at radius 1 is 1.50 bits per heavy atom. The molecule has 0 radical (unpaired) electrons. The lowest BCUT2D eigenvalue weighted by Crippen LogP contribution is -2.67. The highest BCUT2D eigenvalue weighted by molar-refractivity contribution is 5.94. The summed E-state index contributed by atoms with van der Waals surface area (Å²) in [5, 5.41) is 9.77. The fourth-order valence-electron chi connectivity index (χ4n) is 1.63. The van der Waals surface area contributed by atoms with Crippen LogP contribution in [0.15, 0.2) is 0 Å². The number of hydrogen-bond acceptors (Lipinski definition) is 6. The van der Waals surface area contributed by atoms with Gasteiger partial charge >= 0.3 is 12.1 Å². The molecule has 116 valence electrons. The van der Waals surface area contributed by atoms with Crippen molar-refractivity contribution in [3.63, 3.8) is 0 Å². The first kappa shape index (κ1) is 16.9. The van der Waals surface area contributed by atoms with Gasteiger partial charge in [0, 0.05) is 0 Å². The molecule has 1 aliphatic heterocycles. The Bertz CT molecular complexity index is 405. The van der Waals surface area contributed by atoms with Gasteiger partial charge in [-0.3, -0.25) is 4.79 Å². The largest absolute Gasteiger partial charge is 0.464 e. The van der Waals surface area contributed by atoms with Crippen molar-refractivity contribution in [3.8, 4) is 0 Å². The molecule has 1 rings (SSSR count). The van der Waals surface area contributed by atoms with E-state index >= 15 is 0 Å². The molecule has 20 heavy (non-hydrogen) atoms. The zero-order valence-electron chi connectivity index (χ0n) is 11.1. The SMILES string of the molecule is CCOC(=O)[C@](O)([C@@H]1OC(C)(C)OCC1=O)C(F)(F)F. The van der Waals surface area contributed by atoms with Crippen LogP contribution in [0.4, 0.5) is 13.2 Å². The van der Waals surface area contributed by atoms with Crippen molar-refractivity contribution in [1.29, 1.82) is 0 Å². The molecule has 2 atom stereocenters. The van der Waals surface area contributed by atoms with Gasteiger partial charge in [-0.25, -0.2) is 4.79 Å². The topological polar surface area (TPSA) is 82.1 Å². The Kier molecular flexibility index (Phi) is 4.47. The highest BCUT2D eigenvalue weighted by atomic mass is 19.4. The minimum Gasteiger partial charge on any atom is -0.464 e. The molecule has 1 N–H and O–H groups in total. The van der Waals surface area contributed by atoms with E-state index in [0.717, 1.165) is 0 Å². The zero-order valence-corrected chi connectivity index (χ0v) is 11.1. The van der Waals surface area contributed by atoms with Gasteiger partial charge in [0.15, 0.2) is 17.7 Å². The standard InChI is InChI=1S/C11H15F3O6/c1-4-18-8(16)10(17,11(12,13)14)7-6(15)5-19-9(2,3)20-7/h7,17H,4-5H2,1-3H3/t7-,10-/m1/s1. The molecule has 0 aromatic heterocycles. The lowest BCUT2D eigenvalue weighted by molar-refractivity contribution is -0.332. The molecule has 0 aliphatic carbocycles. The first-order valence-electron chi connectivity index (χ1n) is 5.76. The van der Waals surface area contributed by atoms with Crippen molar-refractivity contribution in [2.45, 2.75) is 44.4 Å². The van der Waals surface area contributed by atoms with Crippen LogP contribution in [0.2, 0.25) is 0 Å². The lowest BCUT2D eigenvalue weighted by Gasteiger charge is -2.41. The highest BCUT2D eigenvalue weighted by Gasteiger charge is 2.69. The van der Waals surface area contributed by atoms with Crippen LogP contribution in [-0.2, 0) is 23.8 Å². The quantitative estimate of drug-likeness (QED) is 0.767. The Balaban J connectivity index is 3.23. The third-order valence-electron chi connectivity index (χ3n) is 2.65. The van der Waals surface area contributed by atoms with Crippen LogP contribution in [0.5, 0.6) is 0 Å². The maximum atomic E-state index is 13.1. The van der Waals surface area contributed by atoms with Gasteiger partial charge in [0.2, 0.25) is 0 Å². The predicted molar refractivity (Wildman–Crippen MR) is 57.5 cm³/mol. The van der Waals surface area contributed by atoms with E-state index in [1.54, 1.807) is 0 Å². The molecule has 0 aromatic rings. The summed E-state index contributed by atoms with van der Waals surface area (Å²) in [6.07, 6.45) is -7.88. The first-order valence-corrected chi connectivity index (χ1v) is 5.76. The molecule has 6 nitrogen and oxygen atoms in total. The first-order chi connectivity index (χ1) is 8.95. The van der Waals surface area contributed by atoms with E-state index in [2.05, 4.69) is 4.74 Å². The van der Waals surface area contributed by atoms with Crippen LogP contribution < -0.4 is 0 Å². The van der Waals surface area contributed by atoms with E-state index in [1.165, 1.54) is 20.8 Å². The molecule has 0 bridgehead atoms. The van der Waals surface area contributed by atoms with Gasteiger partial charge in [-0.1, -0.05) is 0 Å². The fraction of sp³-hybridized carbons (Fsp3) is 0.818. The van der Waals surface area contributed by atoms with Crippen LogP contribution in [0.1, 0.15) is 20.8 Å². The van der Waals surface area contributed by atoms with E-state index in [4.69, 9.17) is 9.47 Å². The van der Waals surface area contributed by atoms with Gasteiger partial charge in [-0.15, -0.1) is 0 Å². The van der Waals surface area contributed by atoms with Crippen molar-refractivity contribution in [2.24, 2.45) is 0 Å². The molecule has 0 amide bonds. The summed E-state index contributed by atoms with van der Waals surface area (Å²) in [5.41, 5.74) is -4.07. The van der Waals surface area contributed by atoms with Crippen molar-refractivity contribution >= 4 is 11.8 Å². The van der Waals surface area contributed by atoms with Gasteiger partial charge < -0.3 is 19.3 Å². The normalized spacial score (nSPS) is 25.9. The minimum atomic E-state index is -5.44. The van der Waals surface area contributed by atoms with E-state index in [1.807, 2.05) is 0 Å². The number of esters is 1. The second-order valence-corrected chi connectivity index (χ2v) is 4.64. The molecule has 0 unspecified atom stereocenters. The van der Waals surface area contributed by atoms with Gasteiger partial charge in [-0.05, 0) is 20.8 Å². The fourth-order valence-corrected chi connectivity index (χ4v) is 1.63. The molecule has 0 aromatic carbocycles. The number of ether oxygens (including phenoxy) is 3. The second kappa shape index (κ2) is 5.30. The molecule has 9 heteroatoms. The number of aliphatic hydroxyl groups is 1. The summed E-state index contributed by atoms with van der Waals surface area (Å²) >= 11 is 0. The molecule has 0 spiro atoms. The molecule has 1 saturated heterocycles. The summed E-state index contributed by atoms with van der Waals surface area (Å²) in [7, 11) is 0. The third kappa shape index (κ3) is 2.94. The molecular formula is C11H15F3O6. The highest BCUT2D eigenvalue weighted by Crippen LogP contribution is 2.39. The lowest BCUT2D eigenvalue weighted by atomic mass is 9.91. The predicted octanol–water partition coefficient (Wildman–Crippen LogP) is 0.563. The van der Waals surface area contributed by atoms with Crippen LogP contribution in [0.3, 0.4) is 0 Å². The van der Waals surface area contributed by atoms with Crippen LogP contribution >= 0.6 is 0 Å². The van der Waals surface area contributed by atoms with E-state index in [-0.39, 0.29) is 0 Å². The van der Waals surface area contributed by atoms with Crippen molar-refractivity contribution in [2.75, 3.05) is 13.2 Å². The van der Waals surface area contributed by atoms with E-state index in [9.17, 15) is 27.9 Å². The number of Topliss-reactive ketones (excluding diaryl/α,β-unsaturated/α-hetero) is 1.